The van der Waals surface area contributed by atoms with Crippen molar-refractivity contribution < 1.29 is 9.53 Å². The molecule has 1 aromatic heterocycles. The third-order valence-corrected chi connectivity index (χ3v) is 4.90. The number of para-hydroxylation sites is 1. The number of carbonyl (C=O) groups excluding carboxylic acids is 1. The summed E-state index contributed by atoms with van der Waals surface area (Å²) < 4.78 is 5.39. The number of fused-ring (bicyclic) bond motifs is 1. The molecule has 0 N–H and O–H groups in total. The van der Waals surface area contributed by atoms with Gasteiger partial charge in [0.15, 0.2) is 0 Å². The lowest BCUT2D eigenvalue weighted by Gasteiger charge is -2.27. The normalized spacial score (nSPS) is 14.6. The molecule has 0 spiro atoms. The van der Waals surface area contributed by atoms with Gasteiger partial charge in [-0.15, -0.1) is 0 Å². The summed E-state index contributed by atoms with van der Waals surface area (Å²) >= 11 is 0. The second kappa shape index (κ2) is 6.89. The first kappa shape index (κ1) is 16.7. The van der Waals surface area contributed by atoms with Crippen molar-refractivity contribution in [3.63, 3.8) is 0 Å². The third kappa shape index (κ3) is 3.08. The van der Waals surface area contributed by atoms with Crippen LogP contribution in [0, 0.1) is 13.8 Å². The number of hydrogen-bond donors (Lipinski definition) is 0. The van der Waals surface area contributed by atoms with Gasteiger partial charge in [-0.2, -0.15) is 0 Å². The molecule has 132 valence electrons. The van der Waals surface area contributed by atoms with E-state index in [0.717, 1.165) is 27.7 Å². The maximum Gasteiger partial charge on any atom is 0.254 e. The predicted octanol–water partition coefficient (Wildman–Crippen LogP) is 3.99. The van der Waals surface area contributed by atoms with Crippen molar-refractivity contribution in [2.75, 3.05) is 26.3 Å². The second-order valence-corrected chi connectivity index (χ2v) is 6.80. The van der Waals surface area contributed by atoms with Gasteiger partial charge >= 0.3 is 0 Å². The molecule has 0 unspecified atom stereocenters. The molecule has 3 aromatic rings. The summed E-state index contributed by atoms with van der Waals surface area (Å²) in [6, 6.07) is 16.1. The highest BCUT2D eigenvalue weighted by Crippen LogP contribution is 2.28. The molecule has 4 nitrogen and oxygen atoms in total. The average molecular weight is 346 g/mol. The summed E-state index contributed by atoms with van der Waals surface area (Å²) in [5.41, 5.74) is 5.86. The van der Waals surface area contributed by atoms with Crippen LogP contribution >= 0.6 is 0 Å². The van der Waals surface area contributed by atoms with E-state index in [1.165, 1.54) is 5.56 Å². The van der Waals surface area contributed by atoms with E-state index in [0.29, 0.717) is 31.9 Å². The van der Waals surface area contributed by atoms with Crippen molar-refractivity contribution in [2.24, 2.45) is 0 Å². The molecular formula is C22H22N2O2. The van der Waals surface area contributed by atoms with Crippen molar-refractivity contribution in [1.29, 1.82) is 0 Å². The number of benzene rings is 2. The van der Waals surface area contributed by atoms with E-state index in [-0.39, 0.29) is 5.91 Å². The summed E-state index contributed by atoms with van der Waals surface area (Å²) in [7, 11) is 0. The van der Waals surface area contributed by atoms with E-state index in [2.05, 4.69) is 32.0 Å². The summed E-state index contributed by atoms with van der Waals surface area (Å²) in [5.74, 6) is 0.0536. The average Bonchev–Trinajstić information content (AvgIpc) is 2.67. The topological polar surface area (TPSA) is 42.4 Å². The van der Waals surface area contributed by atoms with Gasteiger partial charge in [0.05, 0.1) is 30.0 Å². The zero-order chi connectivity index (χ0) is 18.1. The molecule has 4 heteroatoms. The molecule has 1 aliphatic heterocycles. The smallest absolute Gasteiger partial charge is 0.254 e. The molecule has 2 aromatic carbocycles. The first-order valence-electron chi connectivity index (χ1n) is 8.98. The van der Waals surface area contributed by atoms with Gasteiger partial charge in [-0.3, -0.25) is 4.79 Å². The van der Waals surface area contributed by atoms with Crippen LogP contribution in [0.5, 0.6) is 0 Å². The van der Waals surface area contributed by atoms with Crippen molar-refractivity contribution >= 4 is 16.8 Å². The van der Waals surface area contributed by atoms with Crippen LogP contribution < -0.4 is 0 Å². The molecule has 0 atom stereocenters. The minimum absolute atomic E-state index is 0.0536. The highest BCUT2D eigenvalue weighted by atomic mass is 16.5. The van der Waals surface area contributed by atoms with Crippen LogP contribution in [0.15, 0.2) is 48.5 Å². The van der Waals surface area contributed by atoms with Crippen molar-refractivity contribution in [3.8, 4) is 11.3 Å². The highest BCUT2D eigenvalue weighted by Gasteiger charge is 2.22. The minimum Gasteiger partial charge on any atom is -0.378 e. The number of amides is 1. The van der Waals surface area contributed by atoms with E-state index in [1.54, 1.807) is 0 Å². The van der Waals surface area contributed by atoms with E-state index in [9.17, 15) is 4.79 Å². The Hall–Kier alpha value is -2.72. The van der Waals surface area contributed by atoms with Crippen molar-refractivity contribution in [3.05, 3.63) is 65.2 Å². The monoisotopic (exact) mass is 346 g/mol. The maximum atomic E-state index is 13.2. The molecule has 0 bridgehead atoms. The molecule has 0 aliphatic carbocycles. The molecule has 1 amide bonds. The third-order valence-electron chi connectivity index (χ3n) is 4.90. The molecule has 1 fully saturated rings. The molecule has 4 rings (SSSR count). The van der Waals surface area contributed by atoms with E-state index in [4.69, 9.17) is 9.72 Å². The summed E-state index contributed by atoms with van der Waals surface area (Å²) in [4.78, 5) is 19.9. The van der Waals surface area contributed by atoms with Crippen LogP contribution in [0.1, 0.15) is 21.5 Å². The first-order chi connectivity index (χ1) is 12.6. The number of rotatable bonds is 2. The number of ether oxygens (including phenoxy) is 1. The van der Waals surface area contributed by atoms with Crippen LogP contribution in [-0.4, -0.2) is 42.1 Å². The van der Waals surface area contributed by atoms with E-state index < -0.39 is 0 Å². The van der Waals surface area contributed by atoms with Gasteiger partial charge in [-0.1, -0.05) is 42.0 Å². The van der Waals surface area contributed by atoms with Crippen molar-refractivity contribution in [1.82, 2.24) is 9.88 Å². The predicted molar refractivity (Wildman–Crippen MR) is 103 cm³/mol. The van der Waals surface area contributed by atoms with Gasteiger partial charge in [0, 0.05) is 24.0 Å². The Kier molecular flexibility index (Phi) is 4.43. The lowest BCUT2D eigenvalue weighted by Crippen LogP contribution is -2.40. The lowest BCUT2D eigenvalue weighted by molar-refractivity contribution is 0.0304. The highest BCUT2D eigenvalue weighted by molar-refractivity contribution is 6.07. The Morgan fingerprint density at radius 3 is 2.58 bits per heavy atom. The molecule has 0 radical (unpaired) electrons. The van der Waals surface area contributed by atoms with Crippen molar-refractivity contribution in [2.45, 2.75) is 13.8 Å². The number of nitrogens with zero attached hydrogens (tertiary/aromatic N) is 2. The Morgan fingerprint density at radius 2 is 1.81 bits per heavy atom. The summed E-state index contributed by atoms with van der Waals surface area (Å²) in [5, 5.41) is 0.900. The van der Waals surface area contributed by atoms with Gasteiger partial charge in [0.2, 0.25) is 0 Å². The Bertz CT molecular complexity index is 975. The number of pyridine rings is 1. The first-order valence-corrected chi connectivity index (χ1v) is 8.98. The minimum atomic E-state index is 0.0536. The number of morpholine rings is 1. The largest absolute Gasteiger partial charge is 0.378 e. The number of hydrogen-bond acceptors (Lipinski definition) is 3. The lowest BCUT2D eigenvalue weighted by atomic mass is 9.99. The zero-order valence-electron chi connectivity index (χ0n) is 15.2. The van der Waals surface area contributed by atoms with Gasteiger partial charge in [0.25, 0.3) is 5.91 Å². The van der Waals surface area contributed by atoms with Gasteiger partial charge < -0.3 is 9.64 Å². The van der Waals surface area contributed by atoms with E-state index in [1.807, 2.05) is 35.2 Å². The molecule has 1 aliphatic rings. The number of aryl methyl sites for hydroxylation is 2. The van der Waals surface area contributed by atoms with Crippen LogP contribution in [0.25, 0.3) is 22.2 Å². The Labute approximate surface area is 153 Å². The summed E-state index contributed by atoms with van der Waals surface area (Å²) in [6.07, 6.45) is 0. The van der Waals surface area contributed by atoms with Crippen LogP contribution in [0.4, 0.5) is 0 Å². The van der Waals surface area contributed by atoms with Gasteiger partial charge in [-0.25, -0.2) is 4.98 Å². The Balaban J connectivity index is 1.87. The fraction of sp³-hybridized carbons (Fsp3) is 0.273. The zero-order valence-corrected chi connectivity index (χ0v) is 15.2. The standard InChI is InChI=1S/C22H22N2O2/c1-15-7-8-17(16(2)13-15)21-14-19(18-5-3-4-6-20(18)23-21)22(25)24-9-11-26-12-10-24/h3-8,13-14H,9-12H2,1-2H3. The molecule has 0 saturated carbocycles. The van der Waals surface area contributed by atoms with Crippen LogP contribution in [0.2, 0.25) is 0 Å². The van der Waals surface area contributed by atoms with Crippen LogP contribution in [-0.2, 0) is 4.74 Å². The van der Waals surface area contributed by atoms with Gasteiger partial charge in [-0.05, 0) is 31.5 Å². The Morgan fingerprint density at radius 1 is 1.04 bits per heavy atom. The SMILES string of the molecule is Cc1ccc(-c2cc(C(=O)N3CCOCC3)c3ccccc3n2)c(C)c1. The molecular weight excluding hydrogens is 324 g/mol. The molecule has 1 saturated heterocycles. The number of carbonyl (C=O) groups is 1. The molecule has 2 heterocycles. The van der Waals surface area contributed by atoms with Gasteiger partial charge in [0.1, 0.15) is 0 Å². The maximum absolute atomic E-state index is 13.2. The second-order valence-electron chi connectivity index (χ2n) is 6.80. The fourth-order valence-corrected chi connectivity index (χ4v) is 3.53. The number of aromatic nitrogens is 1. The fourth-order valence-electron chi connectivity index (χ4n) is 3.53. The quantitative estimate of drug-likeness (QED) is 0.704. The summed E-state index contributed by atoms with van der Waals surface area (Å²) in [6.45, 7) is 6.63. The molecule has 26 heavy (non-hydrogen) atoms. The van der Waals surface area contributed by atoms with E-state index >= 15 is 0 Å². The van der Waals surface area contributed by atoms with Crippen LogP contribution in [0.3, 0.4) is 0 Å².